The quantitative estimate of drug-likeness (QED) is 0.841. The number of fused-ring (bicyclic) bond motifs is 1. The summed E-state index contributed by atoms with van der Waals surface area (Å²) in [5.41, 5.74) is 3.03. The predicted molar refractivity (Wildman–Crippen MR) is 94.9 cm³/mol. The number of anilines is 2. The Morgan fingerprint density at radius 2 is 1.72 bits per heavy atom. The summed E-state index contributed by atoms with van der Waals surface area (Å²) >= 11 is 0. The summed E-state index contributed by atoms with van der Waals surface area (Å²) in [4.78, 5) is 25.5. The molecule has 0 atom stereocenters. The van der Waals surface area contributed by atoms with Gasteiger partial charge in [-0.25, -0.2) is 14.4 Å². The number of nitrogens with zero attached hydrogens (tertiary/aromatic N) is 4. The molecule has 0 bridgehead atoms. The molecule has 0 unspecified atom stereocenters. The van der Waals surface area contributed by atoms with Crippen molar-refractivity contribution >= 4 is 17.4 Å². The van der Waals surface area contributed by atoms with Crippen LogP contribution in [-0.2, 0) is 6.42 Å². The van der Waals surface area contributed by atoms with E-state index in [1.54, 1.807) is 6.07 Å². The Bertz CT molecular complexity index is 815. The van der Waals surface area contributed by atoms with Gasteiger partial charge in [0.05, 0.1) is 22.6 Å². The molecule has 6 heteroatoms. The zero-order valence-corrected chi connectivity index (χ0v) is 14.3. The Hall–Kier alpha value is -2.50. The number of hydrogen-bond donors (Lipinski definition) is 0. The van der Waals surface area contributed by atoms with Crippen molar-refractivity contribution in [2.45, 2.75) is 26.2 Å². The standard InChI is InChI=1S/C19H21FN4O/c1-13-18-15(6-4-8-17(18)25)22-19(21-13)24-11-9-23(10-12-24)16-7-3-2-5-14(16)20/h2-3,5,7H,4,6,8-12H2,1H3. The van der Waals surface area contributed by atoms with Gasteiger partial charge < -0.3 is 9.80 Å². The number of aryl methyl sites for hydroxylation is 2. The molecular formula is C19H21FN4O. The van der Waals surface area contributed by atoms with Gasteiger partial charge in [0.1, 0.15) is 5.82 Å². The number of Topliss-reactive ketones (excluding diaryl/α,β-unsaturated/α-hetero) is 1. The maximum atomic E-state index is 14.0. The molecule has 2 heterocycles. The Kier molecular flexibility index (Phi) is 4.11. The van der Waals surface area contributed by atoms with E-state index in [0.29, 0.717) is 18.1 Å². The van der Waals surface area contributed by atoms with Crippen LogP contribution in [0, 0.1) is 12.7 Å². The molecule has 4 rings (SSSR count). The SMILES string of the molecule is Cc1nc(N2CCN(c3ccccc3F)CC2)nc2c1C(=O)CCC2. The number of carbonyl (C=O) groups is 1. The Morgan fingerprint density at radius 3 is 2.48 bits per heavy atom. The third-order valence-electron chi connectivity index (χ3n) is 5.00. The highest BCUT2D eigenvalue weighted by Gasteiger charge is 2.26. The van der Waals surface area contributed by atoms with Crippen LogP contribution in [0.3, 0.4) is 0 Å². The zero-order chi connectivity index (χ0) is 17.4. The fourth-order valence-electron chi connectivity index (χ4n) is 3.70. The Balaban J connectivity index is 1.52. The molecule has 0 saturated carbocycles. The van der Waals surface area contributed by atoms with E-state index in [1.165, 1.54) is 6.07 Å². The first-order valence-electron chi connectivity index (χ1n) is 8.78. The fourth-order valence-corrected chi connectivity index (χ4v) is 3.70. The molecule has 1 aliphatic heterocycles. The molecule has 25 heavy (non-hydrogen) atoms. The number of carbonyl (C=O) groups excluding carboxylic acids is 1. The summed E-state index contributed by atoms with van der Waals surface area (Å²) in [7, 11) is 0. The highest BCUT2D eigenvalue weighted by Crippen LogP contribution is 2.26. The zero-order valence-electron chi connectivity index (χ0n) is 14.3. The summed E-state index contributed by atoms with van der Waals surface area (Å²) in [6, 6.07) is 6.88. The largest absolute Gasteiger partial charge is 0.366 e. The maximum Gasteiger partial charge on any atom is 0.225 e. The minimum Gasteiger partial charge on any atom is -0.366 e. The highest BCUT2D eigenvalue weighted by molar-refractivity contribution is 5.99. The van der Waals surface area contributed by atoms with Crippen LogP contribution in [0.4, 0.5) is 16.0 Å². The summed E-state index contributed by atoms with van der Waals surface area (Å²) in [6.45, 7) is 4.81. The Labute approximate surface area is 146 Å². The first-order chi connectivity index (χ1) is 12.1. The van der Waals surface area contributed by atoms with Gasteiger partial charge in [-0.15, -0.1) is 0 Å². The molecule has 2 aromatic rings. The molecule has 1 fully saturated rings. The maximum absolute atomic E-state index is 14.0. The van der Waals surface area contributed by atoms with Crippen LogP contribution in [0.25, 0.3) is 0 Å². The number of aromatic nitrogens is 2. The van der Waals surface area contributed by atoms with E-state index in [2.05, 4.69) is 19.8 Å². The molecule has 5 nitrogen and oxygen atoms in total. The highest BCUT2D eigenvalue weighted by atomic mass is 19.1. The van der Waals surface area contributed by atoms with Crippen LogP contribution in [0.2, 0.25) is 0 Å². The summed E-state index contributed by atoms with van der Waals surface area (Å²) in [5.74, 6) is 0.671. The van der Waals surface area contributed by atoms with Crippen molar-refractivity contribution in [3.63, 3.8) is 0 Å². The molecule has 0 N–H and O–H groups in total. The molecular weight excluding hydrogens is 319 g/mol. The normalized spacial score (nSPS) is 17.6. The van der Waals surface area contributed by atoms with Crippen molar-refractivity contribution in [3.05, 3.63) is 47.0 Å². The molecule has 0 radical (unpaired) electrons. The first kappa shape index (κ1) is 16.0. The van der Waals surface area contributed by atoms with Crippen LogP contribution in [0.1, 0.15) is 34.6 Å². The first-order valence-corrected chi connectivity index (χ1v) is 8.78. The van der Waals surface area contributed by atoms with Crippen LogP contribution in [0.15, 0.2) is 24.3 Å². The number of benzene rings is 1. The topological polar surface area (TPSA) is 49.3 Å². The summed E-state index contributed by atoms with van der Waals surface area (Å²) in [5, 5.41) is 0. The lowest BCUT2D eigenvalue weighted by Crippen LogP contribution is -2.47. The van der Waals surface area contributed by atoms with E-state index < -0.39 is 0 Å². The van der Waals surface area contributed by atoms with Gasteiger partial charge in [-0.2, -0.15) is 0 Å². The van der Waals surface area contributed by atoms with Crippen molar-refractivity contribution < 1.29 is 9.18 Å². The molecule has 1 aliphatic carbocycles. The van der Waals surface area contributed by atoms with Crippen molar-refractivity contribution in [3.8, 4) is 0 Å². The minimum absolute atomic E-state index is 0.162. The number of rotatable bonds is 2. The van der Waals surface area contributed by atoms with Crippen LogP contribution in [0.5, 0.6) is 0 Å². The van der Waals surface area contributed by atoms with Crippen molar-refractivity contribution in [1.82, 2.24) is 9.97 Å². The van der Waals surface area contributed by atoms with E-state index in [-0.39, 0.29) is 11.6 Å². The van der Waals surface area contributed by atoms with Crippen LogP contribution in [-0.4, -0.2) is 41.9 Å². The number of para-hydroxylation sites is 1. The second kappa shape index (κ2) is 6.43. The van der Waals surface area contributed by atoms with E-state index >= 15 is 0 Å². The second-order valence-electron chi connectivity index (χ2n) is 6.63. The average molecular weight is 340 g/mol. The lowest BCUT2D eigenvalue weighted by molar-refractivity contribution is 0.0970. The van der Waals surface area contributed by atoms with Gasteiger partial charge in [-0.1, -0.05) is 12.1 Å². The monoisotopic (exact) mass is 340 g/mol. The van der Waals surface area contributed by atoms with Crippen molar-refractivity contribution in [2.24, 2.45) is 0 Å². The minimum atomic E-state index is -0.185. The molecule has 1 aromatic carbocycles. The number of halogens is 1. The molecule has 0 spiro atoms. The third-order valence-corrected chi connectivity index (χ3v) is 5.00. The van der Waals surface area contributed by atoms with E-state index in [1.807, 2.05) is 19.1 Å². The molecule has 2 aliphatic rings. The Morgan fingerprint density at radius 1 is 1.00 bits per heavy atom. The van der Waals surface area contributed by atoms with Gasteiger partial charge in [-0.05, 0) is 31.9 Å². The molecule has 1 aromatic heterocycles. The van der Waals surface area contributed by atoms with Gasteiger partial charge in [0.25, 0.3) is 0 Å². The molecule has 1 saturated heterocycles. The summed E-state index contributed by atoms with van der Waals surface area (Å²) < 4.78 is 14.0. The van der Waals surface area contributed by atoms with Gasteiger partial charge in [0.15, 0.2) is 5.78 Å². The lowest BCUT2D eigenvalue weighted by atomic mass is 9.94. The van der Waals surface area contributed by atoms with Gasteiger partial charge in [-0.3, -0.25) is 4.79 Å². The second-order valence-corrected chi connectivity index (χ2v) is 6.63. The van der Waals surface area contributed by atoms with E-state index in [4.69, 9.17) is 0 Å². The smallest absolute Gasteiger partial charge is 0.225 e. The van der Waals surface area contributed by atoms with Crippen LogP contribution < -0.4 is 9.80 Å². The number of piperazine rings is 1. The van der Waals surface area contributed by atoms with Crippen LogP contribution >= 0.6 is 0 Å². The number of hydrogen-bond acceptors (Lipinski definition) is 5. The third kappa shape index (κ3) is 2.97. The number of ketones is 1. The average Bonchev–Trinajstić information content (AvgIpc) is 2.62. The van der Waals surface area contributed by atoms with Gasteiger partial charge in [0, 0.05) is 32.6 Å². The van der Waals surface area contributed by atoms with Gasteiger partial charge in [0.2, 0.25) is 5.95 Å². The van der Waals surface area contributed by atoms with Gasteiger partial charge >= 0.3 is 0 Å². The van der Waals surface area contributed by atoms with Crippen molar-refractivity contribution in [2.75, 3.05) is 36.0 Å². The summed E-state index contributed by atoms with van der Waals surface area (Å²) in [6.07, 6.45) is 2.30. The molecule has 130 valence electrons. The predicted octanol–water partition coefficient (Wildman–Crippen LogP) is 2.77. The van der Waals surface area contributed by atoms with E-state index in [9.17, 15) is 9.18 Å². The molecule has 0 amide bonds. The van der Waals surface area contributed by atoms with Crippen molar-refractivity contribution in [1.29, 1.82) is 0 Å². The van der Waals surface area contributed by atoms with E-state index in [0.717, 1.165) is 56.0 Å². The fraction of sp³-hybridized carbons (Fsp3) is 0.421. The lowest BCUT2D eigenvalue weighted by Gasteiger charge is -2.36.